The molecule has 96 valence electrons. The largest absolute Gasteiger partial charge is 0.496 e. The van der Waals surface area contributed by atoms with Gasteiger partial charge in [-0.05, 0) is 43.7 Å². The van der Waals surface area contributed by atoms with Gasteiger partial charge in [0.05, 0.1) is 12.5 Å². The molecular weight excluding hydrogens is 332 g/mol. The lowest BCUT2D eigenvalue weighted by atomic mass is 10.1. The van der Waals surface area contributed by atoms with Crippen molar-refractivity contribution in [1.82, 2.24) is 0 Å². The van der Waals surface area contributed by atoms with Crippen molar-refractivity contribution >= 4 is 38.9 Å². The molecule has 1 unspecified atom stereocenters. The Labute approximate surface area is 125 Å². The zero-order chi connectivity index (χ0) is 13.3. The molecule has 0 aliphatic rings. The van der Waals surface area contributed by atoms with E-state index in [1.54, 1.807) is 18.4 Å². The predicted octanol–water partition coefficient (Wildman–Crippen LogP) is 5.46. The lowest BCUT2D eigenvalue weighted by Gasteiger charge is -2.13. The molecular formula is C14H14BrClOS. The van der Waals surface area contributed by atoms with Gasteiger partial charge < -0.3 is 4.74 Å². The van der Waals surface area contributed by atoms with Gasteiger partial charge in [0.1, 0.15) is 5.75 Å². The third kappa shape index (κ3) is 2.73. The minimum atomic E-state index is -0.171. The van der Waals surface area contributed by atoms with Crippen LogP contribution in [0.5, 0.6) is 5.75 Å². The molecule has 0 amide bonds. The fraction of sp³-hybridized carbons (Fsp3) is 0.286. The van der Waals surface area contributed by atoms with E-state index in [9.17, 15) is 0 Å². The molecule has 2 aromatic rings. The lowest BCUT2D eigenvalue weighted by Crippen LogP contribution is -1.95. The maximum absolute atomic E-state index is 6.58. The quantitative estimate of drug-likeness (QED) is 0.671. The summed E-state index contributed by atoms with van der Waals surface area (Å²) in [6, 6.07) is 8.05. The number of hydrogen-bond acceptors (Lipinski definition) is 2. The third-order valence-electron chi connectivity index (χ3n) is 2.90. The van der Waals surface area contributed by atoms with Crippen molar-refractivity contribution in [3.63, 3.8) is 0 Å². The van der Waals surface area contributed by atoms with Crippen molar-refractivity contribution in [2.75, 3.05) is 7.11 Å². The van der Waals surface area contributed by atoms with Gasteiger partial charge in [-0.2, -0.15) is 0 Å². The van der Waals surface area contributed by atoms with Crippen molar-refractivity contribution in [2.45, 2.75) is 19.2 Å². The number of benzene rings is 1. The van der Waals surface area contributed by atoms with Crippen LogP contribution in [0.1, 0.15) is 26.3 Å². The van der Waals surface area contributed by atoms with Crippen LogP contribution >= 0.6 is 38.9 Å². The van der Waals surface area contributed by atoms with Gasteiger partial charge in [-0.25, -0.2) is 0 Å². The number of aryl methyl sites for hydroxylation is 2. The van der Waals surface area contributed by atoms with E-state index in [0.29, 0.717) is 0 Å². The summed E-state index contributed by atoms with van der Waals surface area (Å²) >= 11 is 11.8. The van der Waals surface area contributed by atoms with E-state index in [4.69, 9.17) is 16.3 Å². The van der Waals surface area contributed by atoms with E-state index in [1.165, 1.54) is 10.4 Å². The van der Waals surface area contributed by atoms with Crippen molar-refractivity contribution in [3.05, 3.63) is 49.6 Å². The van der Waals surface area contributed by atoms with Gasteiger partial charge >= 0.3 is 0 Å². The molecule has 2 rings (SSSR count). The standard InChI is InChI=1S/C14H14BrClOS/c1-8-6-13(18-9(8)2)14(16)11-7-10(15)4-5-12(11)17-3/h4-7,14H,1-3H3. The van der Waals surface area contributed by atoms with Crippen LogP contribution in [0.15, 0.2) is 28.7 Å². The molecule has 1 nitrogen and oxygen atoms in total. The highest BCUT2D eigenvalue weighted by Gasteiger charge is 2.18. The SMILES string of the molecule is COc1ccc(Br)cc1C(Cl)c1cc(C)c(C)s1. The second-order valence-electron chi connectivity index (χ2n) is 4.14. The predicted molar refractivity (Wildman–Crippen MR) is 82.2 cm³/mol. The van der Waals surface area contributed by atoms with Crippen molar-refractivity contribution in [2.24, 2.45) is 0 Å². The number of hydrogen-bond donors (Lipinski definition) is 0. The van der Waals surface area contributed by atoms with E-state index >= 15 is 0 Å². The molecule has 1 aromatic heterocycles. The van der Waals surface area contributed by atoms with Crippen LogP contribution in [0.3, 0.4) is 0 Å². The van der Waals surface area contributed by atoms with E-state index in [0.717, 1.165) is 20.7 Å². The molecule has 1 aromatic carbocycles. The summed E-state index contributed by atoms with van der Waals surface area (Å²) in [5.41, 5.74) is 2.28. The minimum Gasteiger partial charge on any atom is -0.496 e. The summed E-state index contributed by atoms with van der Waals surface area (Å²) < 4.78 is 6.39. The van der Waals surface area contributed by atoms with E-state index in [1.807, 2.05) is 18.2 Å². The third-order valence-corrected chi connectivity index (χ3v) is 5.21. The molecule has 0 bridgehead atoms. The normalized spacial score (nSPS) is 12.5. The Morgan fingerprint density at radius 1 is 1.28 bits per heavy atom. The van der Waals surface area contributed by atoms with Crippen LogP contribution in [0.25, 0.3) is 0 Å². The first-order chi connectivity index (χ1) is 8.52. The van der Waals surface area contributed by atoms with Crippen molar-refractivity contribution in [3.8, 4) is 5.75 Å². The lowest BCUT2D eigenvalue weighted by molar-refractivity contribution is 0.410. The molecule has 0 spiro atoms. The van der Waals surface area contributed by atoms with Crippen LogP contribution in [0.4, 0.5) is 0 Å². The van der Waals surface area contributed by atoms with Gasteiger partial charge in [-0.15, -0.1) is 22.9 Å². The highest BCUT2D eigenvalue weighted by atomic mass is 79.9. The fourth-order valence-corrected chi connectivity index (χ4v) is 3.57. The summed E-state index contributed by atoms with van der Waals surface area (Å²) in [7, 11) is 1.67. The zero-order valence-corrected chi connectivity index (χ0v) is 13.6. The fourth-order valence-electron chi connectivity index (χ4n) is 1.78. The maximum Gasteiger partial charge on any atom is 0.124 e. The van der Waals surface area contributed by atoms with Gasteiger partial charge in [0.2, 0.25) is 0 Å². The first-order valence-corrected chi connectivity index (χ1v) is 7.62. The molecule has 18 heavy (non-hydrogen) atoms. The number of methoxy groups -OCH3 is 1. The first-order valence-electron chi connectivity index (χ1n) is 5.57. The molecule has 1 atom stereocenters. The molecule has 0 aliphatic carbocycles. The second kappa shape index (κ2) is 5.64. The Balaban J connectivity index is 2.44. The molecule has 0 N–H and O–H groups in total. The van der Waals surface area contributed by atoms with Crippen LogP contribution in [0, 0.1) is 13.8 Å². The summed E-state index contributed by atoms with van der Waals surface area (Å²) in [6.07, 6.45) is 0. The molecule has 0 saturated heterocycles. The summed E-state index contributed by atoms with van der Waals surface area (Å²) in [5.74, 6) is 0.821. The van der Waals surface area contributed by atoms with Gasteiger partial charge in [0.15, 0.2) is 0 Å². The molecule has 0 fully saturated rings. The van der Waals surface area contributed by atoms with Gasteiger partial charge in [-0.1, -0.05) is 15.9 Å². The Morgan fingerprint density at radius 3 is 2.56 bits per heavy atom. The first kappa shape index (κ1) is 13.9. The molecule has 0 radical (unpaired) electrons. The zero-order valence-electron chi connectivity index (χ0n) is 10.5. The Hall–Kier alpha value is -0.510. The second-order valence-corrected chi connectivity index (χ2v) is 6.78. The van der Waals surface area contributed by atoms with E-state index < -0.39 is 0 Å². The topological polar surface area (TPSA) is 9.23 Å². The summed E-state index contributed by atoms with van der Waals surface area (Å²) in [5, 5.41) is -0.171. The number of rotatable bonds is 3. The number of thiophene rings is 1. The van der Waals surface area contributed by atoms with Crippen LogP contribution in [-0.4, -0.2) is 7.11 Å². The van der Waals surface area contributed by atoms with Gasteiger partial charge in [-0.3, -0.25) is 0 Å². The molecule has 4 heteroatoms. The Kier molecular flexibility index (Phi) is 4.36. The molecule has 0 saturated carbocycles. The number of alkyl halides is 1. The van der Waals surface area contributed by atoms with Crippen LogP contribution in [0.2, 0.25) is 0 Å². The van der Waals surface area contributed by atoms with Crippen LogP contribution in [-0.2, 0) is 0 Å². The smallest absolute Gasteiger partial charge is 0.124 e. The van der Waals surface area contributed by atoms with E-state index in [2.05, 4.69) is 35.8 Å². The van der Waals surface area contributed by atoms with Crippen LogP contribution < -0.4 is 4.74 Å². The average molecular weight is 346 g/mol. The average Bonchev–Trinajstić information content (AvgIpc) is 2.68. The highest BCUT2D eigenvalue weighted by molar-refractivity contribution is 9.10. The van der Waals surface area contributed by atoms with Gasteiger partial charge in [0, 0.05) is 19.8 Å². The van der Waals surface area contributed by atoms with E-state index in [-0.39, 0.29) is 5.38 Å². The number of ether oxygens (including phenoxy) is 1. The summed E-state index contributed by atoms with van der Waals surface area (Å²) in [6.45, 7) is 4.22. The molecule has 1 heterocycles. The maximum atomic E-state index is 6.58. The number of halogens is 2. The minimum absolute atomic E-state index is 0.171. The Bertz CT molecular complexity index is 545. The highest BCUT2D eigenvalue weighted by Crippen LogP contribution is 2.40. The molecule has 0 aliphatic heterocycles. The van der Waals surface area contributed by atoms with Crippen molar-refractivity contribution in [1.29, 1.82) is 0 Å². The summed E-state index contributed by atoms with van der Waals surface area (Å²) in [4.78, 5) is 2.47. The monoisotopic (exact) mass is 344 g/mol. The van der Waals surface area contributed by atoms with Crippen molar-refractivity contribution < 1.29 is 4.74 Å². The Morgan fingerprint density at radius 2 is 2.00 bits per heavy atom. The van der Waals surface area contributed by atoms with Gasteiger partial charge in [0.25, 0.3) is 0 Å².